The van der Waals surface area contributed by atoms with Crippen molar-refractivity contribution >= 4 is 5.91 Å². The number of benzene rings is 1. The lowest BCUT2D eigenvalue weighted by molar-refractivity contribution is -0.121. The molecule has 0 radical (unpaired) electrons. The lowest BCUT2D eigenvalue weighted by Gasteiger charge is -2.32. The van der Waals surface area contributed by atoms with E-state index in [2.05, 4.69) is 10.2 Å². The fourth-order valence-corrected chi connectivity index (χ4v) is 3.26. The molecule has 1 amide bonds. The van der Waals surface area contributed by atoms with Gasteiger partial charge in [0, 0.05) is 31.1 Å². The van der Waals surface area contributed by atoms with Crippen LogP contribution in [0.1, 0.15) is 44.1 Å². The highest BCUT2D eigenvalue weighted by atomic mass is 19.1. The van der Waals surface area contributed by atoms with Crippen molar-refractivity contribution < 1.29 is 9.18 Å². The molecule has 1 aliphatic carbocycles. The number of nitrogens with zero attached hydrogens (tertiary/aromatic N) is 1. The lowest BCUT2D eigenvalue weighted by Crippen LogP contribution is -2.36. The summed E-state index contributed by atoms with van der Waals surface area (Å²) in [4.78, 5) is 14.1. The first-order valence-electron chi connectivity index (χ1n) is 8.46. The van der Waals surface area contributed by atoms with Crippen LogP contribution in [0.2, 0.25) is 0 Å². The number of hydrogen-bond acceptors (Lipinski definition) is 2. The SMILES string of the molecule is O=C(CC[C@H]1CCCN(Cc2ccccc2F)C1)NC1CC1. The predicted octanol–water partition coefficient (Wildman–Crippen LogP) is 3.10. The standard InChI is InChI=1S/C18H25FN2O/c19-17-6-2-1-5-15(17)13-21-11-3-4-14(12-21)7-10-18(22)20-16-8-9-16/h1-2,5-6,14,16H,3-4,7-13H2,(H,20,22)/t14-/m1/s1. The minimum atomic E-state index is -0.117. The van der Waals surface area contributed by atoms with Crippen molar-refractivity contribution in [3.05, 3.63) is 35.6 Å². The molecule has 3 rings (SSSR count). The minimum Gasteiger partial charge on any atom is -0.353 e. The predicted molar refractivity (Wildman–Crippen MR) is 84.8 cm³/mol. The van der Waals surface area contributed by atoms with Crippen molar-refractivity contribution in [2.75, 3.05) is 13.1 Å². The number of piperidine rings is 1. The van der Waals surface area contributed by atoms with E-state index in [1.165, 1.54) is 12.5 Å². The lowest BCUT2D eigenvalue weighted by atomic mass is 9.93. The summed E-state index contributed by atoms with van der Waals surface area (Å²) in [5.74, 6) is 0.646. The molecule has 1 heterocycles. The first kappa shape index (κ1) is 15.5. The second-order valence-corrected chi connectivity index (χ2v) is 6.72. The highest BCUT2D eigenvalue weighted by molar-refractivity contribution is 5.76. The smallest absolute Gasteiger partial charge is 0.220 e. The number of carbonyl (C=O) groups is 1. The van der Waals surface area contributed by atoms with Gasteiger partial charge in [-0.25, -0.2) is 4.39 Å². The Hall–Kier alpha value is -1.42. The molecule has 1 atom stereocenters. The molecule has 0 aromatic heterocycles. The molecule has 0 bridgehead atoms. The van der Waals surface area contributed by atoms with Crippen molar-refractivity contribution in [2.24, 2.45) is 5.92 Å². The molecule has 22 heavy (non-hydrogen) atoms. The van der Waals surface area contributed by atoms with Gasteiger partial charge in [-0.05, 0) is 50.6 Å². The van der Waals surface area contributed by atoms with Crippen LogP contribution in [0.15, 0.2) is 24.3 Å². The van der Waals surface area contributed by atoms with Crippen molar-refractivity contribution in [1.29, 1.82) is 0 Å². The van der Waals surface area contributed by atoms with Gasteiger partial charge in [-0.15, -0.1) is 0 Å². The van der Waals surface area contributed by atoms with Gasteiger partial charge in [-0.1, -0.05) is 18.2 Å². The van der Waals surface area contributed by atoms with Crippen LogP contribution >= 0.6 is 0 Å². The molecule has 0 spiro atoms. The third-order valence-corrected chi connectivity index (χ3v) is 4.68. The Morgan fingerprint density at radius 2 is 2.09 bits per heavy atom. The Morgan fingerprint density at radius 1 is 1.27 bits per heavy atom. The zero-order chi connectivity index (χ0) is 15.4. The first-order chi connectivity index (χ1) is 10.7. The van der Waals surface area contributed by atoms with E-state index >= 15 is 0 Å². The van der Waals surface area contributed by atoms with Gasteiger partial charge in [0.05, 0.1) is 0 Å². The molecule has 3 nitrogen and oxygen atoms in total. The quantitative estimate of drug-likeness (QED) is 0.876. The van der Waals surface area contributed by atoms with E-state index in [1.807, 2.05) is 12.1 Å². The third-order valence-electron chi connectivity index (χ3n) is 4.68. The largest absolute Gasteiger partial charge is 0.353 e. The highest BCUT2D eigenvalue weighted by Gasteiger charge is 2.25. The summed E-state index contributed by atoms with van der Waals surface area (Å²) >= 11 is 0. The van der Waals surface area contributed by atoms with Crippen LogP contribution in [0.4, 0.5) is 4.39 Å². The summed E-state index contributed by atoms with van der Waals surface area (Å²) in [6, 6.07) is 7.47. The van der Waals surface area contributed by atoms with Crippen molar-refractivity contribution in [3.63, 3.8) is 0 Å². The van der Waals surface area contributed by atoms with E-state index < -0.39 is 0 Å². The third kappa shape index (κ3) is 4.54. The van der Waals surface area contributed by atoms with E-state index in [0.29, 0.717) is 24.9 Å². The zero-order valence-corrected chi connectivity index (χ0v) is 13.1. The van der Waals surface area contributed by atoms with Crippen LogP contribution in [-0.2, 0) is 11.3 Å². The first-order valence-corrected chi connectivity index (χ1v) is 8.46. The second-order valence-electron chi connectivity index (χ2n) is 6.72. The summed E-state index contributed by atoms with van der Waals surface area (Å²) in [7, 11) is 0. The molecule has 120 valence electrons. The number of nitrogens with one attached hydrogen (secondary N) is 1. The summed E-state index contributed by atoms with van der Waals surface area (Å²) in [5, 5.41) is 3.05. The van der Waals surface area contributed by atoms with Gasteiger partial charge in [-0.2, -0.15) is 0 Å². The summed E-state index contributed by atoms with van der Waals surface area (Å²) in [5.41, 5.74) is 0.773. The van der Waals surface area contributed by atoms with E-state index in [1.54, 1.807) is 6.07 Å². The Bertz CT molecular complexity index is 516. The Kier molecular flexibility index (Phi) is 5.08. The van der Waals surface area contributed by atoms with Crippen molar-refractivity contribution in [1.82, 2.24) is 10.2 Å². The average Bonchev–Trinajstić information content (AvgIpc) is 3.32. The summed E-state index contributed by atoms with van der Waals surface area (Å²) < 4.78 is 13.7. The summed E-state index contributed by atoms with van der Waals surface area (Å²) in [6.07, 6.45) is 6.20. The van der Waals surface area contributed by atoms with Gasteiger partial charge in [0.1, 0.15) is 5.82 Å². The number of amides is 1. The van der Waals surface area contributed by atoms with Gasteiger partial charge in [0.25, 0.3) is 0 Å². The molecular weight excluding hydrogens is 279 g/mol. The van der Waals surface area contributed by atoms with Gasteiger partial charge in [0.2, 0.25) is 5.91 Å². The molecule has 1 aliphatic heterocycles. The van der Waals surface area contributed by atoms with Crippen molar-refractivity contribution in [3.8, 4) is 0 Å². The normalized spacial score (nSPS) is 22.5. The topological polar surface area (TPSA) is 32.3 Å². The fourth-order valence-electron chi connectivity index (χ4n) is 3.26. The van der Waals surface area contributed by atoms with Crippen LogP contribution in [0.3, 0.4) is 0 Å². The van der Waals surface area contributed by atoms with E-state index in [0.717, 1.165) is 44.3 Å². The second kappa shape index (κ2) is 7.23. The van der Waals surface area contributed by atoms with Crippen LogP contribution < -0.4 is 5.32 Å². The molecule has 2 aliphatic rings. The van der Waals surface area contributed by atoms with Gasteiger partial charge < -0.3 is 5.32 Å². The van der Waals surface area contributed by atoms with Gasteiger partial charge >= 0.3 is 0 Å². The van der Waals surface area contributed by atoms with Gasteiger partial charge in [0.15, 0.2) is 0 Å². The van der Waals surface area contributed by atoms with Crippen LogP contribution in [-0.4, -0.2) is 29.9 Å². The maximum Gasteiger partial charge on any atom is 0.220 e. The molecule has 1 aromatic carbocycles. The van der Waals surface area contributed by atoms with Gasteiger partial charge in [-0.3, -0.25) is 9.69 Å². The van der Waals surface area contributed by atoms with E-state index in [-0.39, 0.29) is 11.7 Å². The molecule has 0 unspecified atom stereocenters. The Morgan fingerprint density at radius 3 is 2.86 bits per heavy atom. The molecule has 1 aromatic rings. The van der Waals surface area contributed by atoms with Crippen LogP contribution in [0, 0.1) is 11.7 Å². The molecule has 2 fully saturated rings. The number of halogens is 1. The fraction of sp³-hybridized carbons (Fsp3) is 0.611. The highest BCUT2D eigenvalue weighted by Crippen LogP contribution is 2.24. The summed E-state index contributed by atoms with van der Waals surface area (Å²) in [6.45, 7) is 2.68. The number of hydrogen-bond donors (Lipinski definition) is 1. The van der Waals surface area contributed by atoms with Crippen molar-refractivity contribution in [2.45, 2.75) is 51.1 Å². The maximum absolute atomic E-state index is 13.7. The Balaban J connectivity index is 1.44. The average molecular weight is 304 g/mol. The molecule has 4 heteroatoms. The minimum absolute atomic E-state index is 0.117. The maximum atomic E-state index is 13.7. The molecule has 1 saturated carbocycles. The molecule has 1 saturated heterocycles. The molecule has 1 N–H and O–H groups in total. The monoisotopic (exact) mass is 304 g/mol. The van der Waals surface area contributed by atoms with Crippen LogP contribution in [0.5, 0.6) is 0 Å². The van der Waals surface area contributed by atoms with E-state index in [9.17, 15) is 9.18 Å². The van der Waals surface area contributed by atoms with E-state index in [4.69, 9.17) is 0 Å². The van der Waals surface area contributed by atoms with Crippen LogP contribution in [0.25, 0.3) is 0 Å². The molecular formula is C18H25FN2O. The number of likely N-dealkylation sites (tertiary alicyclic amines) is 1. The number of rotatable bonds is 6. The Labute approximate surface area is 131 Å². The zero-order valence-electron chi connectivity index (χ0n) is 13.1. The number of carbonyl (C=O) groups excluding carboxylic acids is 1.